The predicted octanol–water partition coefficient (Wildman–Crippen LogP) is 2.32. The number of rotatable bonds is 6. The van der Waals surface area contributed by atoms with Crippen molar-refractivity contribution in [1.29, 1.82) is 0 Å². The van der Waals surface area contributed by atoms with Gasteiger partial charge in [-0.2, -0.15) is 0 Å². The SMILES string of the molecule is C=C(C)C[C@@H](NC(=O)Cc1ccc2ccccc2c1)C(N)=O. The van der Waals surface area contributed by atoms with E-state index >= 15 is 0 Å². The number of hydrogen-bond donors (Lipinski definition) is 2. The number of nitrogens with one attached hydrogen (secondary N) is 1. The Morgan fingerprint density at radius 1 is 1.18 bits per heavy atom. The van der Waals surface area contributed by atoms with Gasteiger partial charge in [-0.05, 0) is 29.7 Å². The van der Waals surface area contributed by atoms with E-state index in [9.17, 15) is 9.59 Å². The normalized spacial score (nSPS) is 11.9. The molecule has 0 saturated heterocycles. The van der Waals surface area contributed by atoms with E-state index in [0.717, 1.165) is 21.9 Å². The number of fused-ring (bicyclic) bond motifs is 1. The van der Waals surface area contributed by atoms with Gasteiger partial charge in [-0.3, -0.25) is 9.59 Å². The van der Waals surface area contributed by atoms with Gasteiger partial charge >= 0.3 is 0 Å². The number of nitrogens with two attached hydrogens (primary N) is 1. The van der Waals surface area contributed by atoms with Crippen LogP contribution in [0.4, 0.5) is 0 Å². The van der Waals surface area contributed by atoms with Crippen molar-refractivity contribution >= 4 is 22.6 Å². The lowest BCUT2D eigenvalue weighted by molar-refractivity contribution is -0.126. The highest BCUT2D eigenvalue weighted by molar-refractivity contribution is 5.89. The topological polar surface area (TPSA) is 72.2 Å². The molecule has 0 aliphatic carbocycles. The summed E-state index contributed by atoms with van der Waals surface area (Å²) < 4.78 is 0. The van der Waals surface area contributed by atoms with Crippen LogP contribution in [0.2, 0.25) is 0 Å². The summed E-state index contributed by atoms with van der Waals surface area (Å²) in [7, 11) is 0. The largest absolute Gasteiger partial charge is 0.368 e. The second-order valence-corrected chi connectivity index (χ2v) is 5.54. The molecule has 0 heterocycles. The molecule has 0 unspecified atom stereocenters. The van der Waals surface area contributed by atoms with Crippen molar-refractivity contribution in [2.75, 3.05) is 0 Å². The lowest BCUT2D eigenvalue weighted by Gasteiger charge is -2.15. The van der Waals surface area contributed by atoms with Crippen molar-refractivity contribution in [1.82, 2.24) is 5.32 Å². The molecule has 0 saturated carbocycles. The standard InChI is InChI=1S/C18H20N2O2/c1-12(2)9-16(18(19)22)20-17(21)11-13-7-8-14-5-3-4-6-15(14)10-13/h3-8,10,16H,1,9,11H2,2H3,(H2,19,22)(H,20,21)/t16-/m1/s1. The smallest absolute Gasteiger partial charge is 0.240 e. The molecule has 1 atom stereocenters. The van der Waals surface area contributed by atoms with Crippen molar-refractivity contribution in [2.24, 2.45) is 5.73 Å². The van der Waals surface area contributed by atoms with Crippen LogP contribution in [-0.4, -0.2) is 17.9 Å². The lowest BCUT2D eigenvalue weighted by atomic mass is 10.0. The lowest BCUT2D eigenvalue weighted by Crippen LogP contribution is -2.45. The summed E-state index contributed by atoms with van der Waals surface area (Å²) in [4.78, 5) is 23.5. The van der Waals surface area contributed by atoms with Crippen molar-refractivity contribution in [3.05, 3.63) is 60.2 Å². The van der Waals surface area contributed by atoms with Crippen LogP contribution in [0.15, 0.2) is 54.6 Å². The number of carbonyl (C=O) groups is 2. The molecule has 0 spiro atoms. The van der Waals surface area contributed by atoms with Gasteiger partial charge in [-0.1, -0.05) is 48.0 Å². The van der Waals surface area contributed by atoms with Crippen LogP contribution in [-0.2, 0) is 16.0 Å². The van der Waals surface area contributed by atoms with E-state index in [2.05, 4.69) is 11.9 Å². The van der Waals surface area contributed by atoms with Crippen LogP contribution in [0.3, 0.4) is 0 Å². The van der Waals surface area contributed by atoms with Crippen molar-refractivity contribution in [2.45, 2.75) is 25.8 Å². The van der Waals surface area contributed by atoms with Crippen LogP contribution < -0.4 is 11.1 Å². The van der Waals surface area contributed by atoms with E-state index in [1.54, 1.807) is 6.92 Å². The van der Waals surface area contributed by atoms with Gasteiger partial charge < -0.3 is 11.1 Å². The summed E-state index contributed by atoms with van der Waals surface area (Å²) >= 11 is 0. The Bertz CT molecular complexity index is 722. The Morgan fingerprint density at radius 3 is 2.50 bits per heavy atom. The summed E-state index contributed by atoms with van der Waals surface area (Å²) in [5, 5.41) is 4.88. The molecule has 114 valence electrons. The molecule has 0 aliphatic rings. The van der Waals surface area contributed by atoms with Crippen LogP contribution in [0.1, 0.15) is 18.9 Å². The van der Waals surface area contributed by atoms with Gasteiger partial charge in [0.25, 0.3) is 0 Å². The summed E-state index contributed by atoms with van der Waals surface area (Å²) in [5.74, 6) is -0.768. The average molecular weight is 296 g/mol. The molecule has 3 N–H and O–H groups in total. The first kappa shape index (κ1) is 15.8. The Hall–Kier alpha value is -2.62. The molecule has 22 heavy (non-hydrogen) atoms. The summed E-state index contributed by atoms with van der Waals surface area (Å²) in [6.07, 6.45) is 0.573. The van der Waals surface area contributed by atoms with Gasteiger partial charge in [-0.15, -0.1) is 6.58 Å². The van der Waals surface area contributed by atoms with E-state index in [-0.39, 0.29) is 12.3 Å². The van der Waals surface area contributed by atoms with Crippen LogP contribution >= 0.6 is 0 Å². The van der Waals surface area contributed by atoms with Crippen LogP contribution in [0.5, 0.6) is 0 Å². The van der Waals surface area contributed by atoms with E-state index < -0.39 is 11.9 Å². The van der Waals surface area contributed by atoms with Crippen molar-refractivity contribution in [3.63, 3.8) is 0 Å². The third-order valence-corrected chi connectivity index (χ3v) is 3.41. The maximum atomic E-state index is 12.1. The van der Waals surface area contributed by atoms with Gasteiger partial charge in [0.05, 0.1) is 6.42 Å². The fourth-order valence-electron chi connectivity index (χ4n) is 2.35. The maximum absolute atomic E-state index is 12.1. The number of amides is 2. The number of primary amides is 1. The highest BCUT2D eigenvalue weighted by Gasteiger charge is 2.18. The van der Waals surface area contributed by atoms with Gasteiger partial charge in [0, 0.05) is 0 Å². The number of hydrogen-bond acceptors (Lipinski definition) is 2. The summed E-state index contributed by atoms with van der Waals surface area (Å²) in [6, 6.07) is 13.1. The molecule has 0 radical (unpaired) electrons. The molecule has 2 aromatic rings. The van der Waals surface area contributed by atoms with Crippen LogP contribution in [0.25, 0.3) is 10.8 Å². The zero-order chi connectivity index (χ0) is 16.1. The Labute approximate surface area is 130 Å². The first-order valence-corrected chi connectivity index (χ1v) is 7.16. The van der Waals surface area contributed by atoms with E-state index in [1.807, 2.05) is 42.5 Å². The second kappa shape index (κ2) is 6.89. The van der Waals surface area contributed by atoms with E-state index in [4.69, 9.17) is 5.73 Å². The van der Waals surface area contributed by atoms with Gasteiger partial charge in [0.1, 0.15) is 6.04 Å². The van der Waals surface area contributed by atoms with Gasteiger partial charge in [0.2, 0.25) is 11.8 Å². The minimum absolute atomic E-state index is 0.213. The molecule has 0 aromatic heterocycles. The molecule has 4 heteroatoms. The fourth-order valence-corrected chi connectivity index (χ4v) is 2.35. The Morgan fingerprint density at radius 2 is 1.86 bits per heavy atom. The third kappa shape index (κ3) is 4.19. The molecule has 0 fully saturated rings. The molecular weight excluding hydrogens is 276 g/mol. The van der Waals surface area contributed by atoms with Gasteiger partial charge in [0.15, 0.2) is 0 Å². The highest BCUT2D eigenvalue weighted by Crippen LogP contribution is 2.16. The zero-order valence-electron chi connectivity index (χ0n) is 12.6. The average Bonchev–Trinajstić information content (AvgIpc) is 2.45. The Balaban J connectivity index is 2.06. The molecular formula is C18H20N2O2. The summed E-state index contributed by atoms with van der Waals surface area (Å²) in [5.41, 5.74) is 7.00. The summed E-state index contributed by atoms with van der Waals surface area (Å²) in [6.45, 7) is 5.54. The molecule has 2 rings (SSSR count). The molecule has 2 aromatic carbocycles. The second-order valence-electron chi connectivity index (χ2n) is 5.54. The molecule has 0 bridgehead atoms. The highest BCUT2D eigenvalue weighted by atomic mass is 16.2. The minimum atomic E-state index is -0.703. The third-order valence-electron chi connectivity index (χ3n) is 3.41. The Kier molecular flexibility index (Phi) is 4.94. The molecule has 0 aliphatic heterocycles. The number of benzene rings is 2. The zero-order valence-corrected chi connectivity index (χ0v) is 12.6. The van der Waals surface area contributed by atoms with Gasteiger partial charge in [-0.25, -0.2) is 0 Å². The molecule has 4 nitrogen and oxygen atoms in total. The van der Waals surface area contributed by atoms with Crippen molar-refractivity contribution < 1.29 is 9.59 Å². The first-order valence-electron chi connectivity index (χ1n) is 7.16. The first-order chi connectivity index (χ1) is 10.5. The quantitative estimate of drug-likeness (QED) is 0.803. The molecule has 2 amide bonds. The minimum Gasteiger partial charge on any atom is -0.368 e. The predicted molar refractivity (Wildman–Crippen MR) is 88.2 cm³/mol. The van der Waals surface area contributed by atoms with Crippen molar-refractivity contribution in [3.8, 4) is 0 Å². The fraction of sp³-hybridized carbons (Fsp3) is 0.222. The maximum Gasteiger partial charge on any atom is 0.240 e. The van der Waals surface area contributed by atoms with E-state index in [0.29, 0.717) is 6.42 Å². The van der Waals surface area contributed by atoms with Crippen LogP contribution in [0, 0.1) is 0 Å². The van der Waals surface area contributed by atoms with E-state index in [1.165, 1.54) is 0 Å². The number of carbonyl (C=O) groups excluding carboxylic acids is 2. The monoisotopic (exact) mass is 296 g/mol.